The number of hydrogen-bond acceptors (Lipinski definition) is 5. The zero-order chi connectivity index (χ0) is 30.4. The molecule has 0 bridgehead atoms. The Kier molecular flexibility index (Phi) is 10.4. The Morgan fingerprint density at radius 3 is 2.27 bits per heavy atom. The molecule has 0 saturated carbocycles. The molecular weight excluding hydrogens is 562 g/mol. The Labute approximate surface area is 248 Å². The van der Waals surface area contributed by atoms with Gasteiger partial charge in [0.05, 0.1) is 17.7 Å². The highest BCUT2D eigenvalue weighted by Gasteiger charge is 2.34. The highest BCUT2D eigenvalue weighted by Crippen LogP contribution is 2.29. The first-order chi connectivity index (χ1) is 19.3. The standard InChI is InChI=1S/C31H38ClN3O5S/c1-7-28(30(37)33-31(3,4)5)34(20-23-12-11-13-25(18-23)40-6)29(36)21-35(24-17-16-22(2)27(32)19-24)41(38,39)26-14-9-8-10-15-26/h8-19,28H,7,20-21H2,1-6H3,(H,33,37)/t28-/m0/s1. The van der Waals surface area contributed by atoms with Crippen LogP contribution in [0.1, 0.15) is 45.2 Å². The van der Waals surface area contributed by atoms with Crippen molar-refractivity contribution in [3.63, 3.8) is 0 Å². The summed E-state index contributed by atoms with van der Waals surface area (Å²) in [6, 6.07) is 19.1. The highest BCUT2D eigenvalue weighted by molar-refractivity contribution is 7.92. The molecule has 0 aliphatic rings. The summed E-state index contributed by atoms with van der Waals surface area (Å²) >= 11 is 6.38. The largest absolute Gasteiger partial charge is 0.497 e. The smallest absolute Gasteiger partial charge is 0.264 e. The van der Waals surface area contributed by atoms with Crippen LogP contribution in [0.2, 0.25) is 5.02 Å². The summed E-state index contributed by atoms with van der Waals surface area (Å²) in [5, 5.41) is 3.33. The van der Waals surface area contributed by atoms with Crippen LogP contribution in [0.4, 0.5) is 5.69 Å². The van der Waals surface area contributed by atoms with E-state index in [0.29, 0.717) is 17.2 Å². The quantitative estimate of drug-likeness (QED) is 0.311. The summed E-state index contributed by atoms with van der Waals surface area (Å²) in [6.45, 7) is 8.74. The van der Waals surface area contributed by atoms with Crippen molar-refractivity contribution in [1.29, 1.82) is 0 Å². The Morgan fingerprint density at radius 1 is 1.00 bits per heavy atom. The number of rotatable bonds is 11. The van der Waals surface area contributed by atoms with Gasteiger partial charge >= 0.3 is 0 Å². The molecule has 8 nitrogen and oxygen atoms in total. The van der Waals surface area contributed by atoms with Crippen LogP contribution in [-0.4, -0.2) is 50.4 Å². The molecule has 1 N–H and O–H groups in total. The summed E-state index contributed by atoms with van der Waals surface area (Å²) in [5.74, 6) is -0.267. The van der Waals surface area contributed by atoms with Gasteiger partial charge in [0.2, 0.25) is 11.8 Å². The monoisotopic (exact) mass is 599 g/mol. The number of nitrogens with one attached hydrogen (secondary N) is 1. The van der Waals surface area contributed by atoms with Crippen molar-refractivity contribution in [2.75, 3.05) is 18.0 Å². The number of amides is 2. The van der Waals surface area contributed by atoms with Gasteiger partial charge in [-0.15, -0.1) is 0 Å². The lowest BCUT2D eigenvalue weighted by atomic mass is 10.1. The number of carbonyl (C=O) groups is 2. The highest BCUT2D eigenvalue weighted by atomic mass is 35.5. The second kappa shape index (κ2) is 13.4. The van der Waals surface area contributed by atoms with Crippen LogP contribution in [0.25, 0.3) is 0 Å². The third kappa shape index (κ3) is 8.24. The fourth-order valence-electron chi connectivity index (χ4n) is 4.33. The fourth-order valence-corrected chi connectivity index (χ4v) is 5.93. The van der Waals surface area contributed by atoms with Gasteiger partial charge in [0.1, 0.15) is 18.3 Å². The molecule has 0 unspecified atom stereocenters. The minimum atomic E-state index is -4.17. The first kappa shape index (κ1) is 32.0. The fraction of sp³-hybridized carbons (Fsp3) is 0.355. The van der Waals surface area contributed by atoms with Crippen LogP contribution in [0.3, 0.4) is 0 Å². The molecule has 41 heavy (non-hydrogen) atoms. The predicted molar refractivity (Wildman–Crippen MR) is 163 cm³/mol. The van der Waals surface area contributed by atoms with Crippen molar-refractivity contribution in [3.05, 3.63) is 88.9 Å². The van der Waals surface area contributed by atoms with Gasteiger partial charge in [0.25, 0.3) is 10.0 Å². The van der Waals surface area contributed by atoms with Crippen molar-refractivity contribution < 1.29 is 22.7 Å². The van der Waals surface area contributed by atoms with E-state index in [2.05, 4.69) is 5.32 Å². The summed E-state index contributed by atoms with van der Waals surface area (Å²) < 4.78 is 34.2. The van der Waals surface area contributed by atoms with E-state index in [9.17, 15) is 18.0 Å². The first-order valence-electron chi connectivity index (χ1n) is 13.3. The molecule has 0 heterocycles. The predicted octanol–water partition coefficient (Wildman–Crippen LogP) is 5.57. The molecule has 1 atom stereocenters. The average Bonchev–Trinajstić information content (AvgIpc) is 2.92. The molecule has 3 aromatic rings. The number of ether oxygens (including phenoxy) is 1. The normalized spacial score (nSPS) is 12.4. The van der Waals surface area contributed by atoms with E-state index in [1.165, 1.54) is 23.1 Å². The number of hydrogen-bond donors (Lipinski definition) is 1. The van der Waals surface area contributed by atoms with Crippen molar-refractivity contribution in [1.82, 2.24) is 10.2 Å². The molecule has 0 radical (unpaired) electrons. The van der Waals surface area contributed by atoms with Crippen molar-refractivity contribution in [2.45, 2.75) is 64.1 Å². The summed E-state index contributed by atoms with van der Waals surface area (Å²) in [4.78, 5) is 29.0. The number of halogens is 1. The summed E-state index contributed by atoms with van der Waals surface area (Å²) in [7, 11) is -2.62. The van der Waals surface area contributed by atoms with Crippen molar-refractivity contribution in [3.8, 4) is 5.75 Å². The van der Waals surface area contributed by atoms with Crippen molar-refractivity contribution in [2.24, 2.45) is 0 Å². The molecule has 0 saturated heterocycles. The van der Waals surface area contributed by atoms with Gasteiger partial charge in [-0.1, -0.05) is 54.9 Å². The molecule has 0 aromatic heterocycles. The Bertz CT molecular complexity index is 1470. The number of benzene rings is 3. The zero-order valence-corrected chi connectivity index (χ0v) is 25.9. The van der Waals surface area contributed by atoms with E-state index in [1.807, 2.05) is 40.7 Å². The van der Waals surface area contributed by atoms with Gasteiger partial charge in [0, 0.05) is 17.1 Å². The Hall–Kier alpha value is -3.56. The molecule has 0 aliphatic carbocycles. The molecular formula is C31H38ClN3O5S. The van der Waals surface area contributed by atoms with Gasteiger partial charge in [-0.3, -0.25) is 13.9 Å². The number of sulfonamides is 1. The lowest BCUT2D eigenvalue weighted by Crippen LogP contribution is -2.55. The topological polar surface area (TPSA) is 96.0 Å². The van der Waals surface area contributed by atoms with Gasteiger partial charge < -0.3 is 15.0 Å². The number of methoxy groups -OCH3 is 1. The lowest BCUT2D eigenvalue weighted by molar-refractivity contribution is -0.141. The number of anilines is 1. The van der Waals surface area contributed by atoms with Crippen LogP contribution in [0, 0.1) is 6.92 Å². The van der Waals surface area contributed by atoms with Crippen LogP contribution < -0.4 is 14.4 Å². The van der Waals surface area contributed by atoms with E-state index in [0.717, 1.165) is 15.4 Å². The molecule has 0 aliphatic heterocycles. The molecule has 3 rings (SSSR count). The molecule has 2 amide bonds. The molecule has 3 aromatic carbocycles. The number of aryl methyl sites for hydroxylation is 1. The maximum Gasteiger partial charge on any atom is 0.264 e. The Morgan fingerprint density at radius 2 is 1.68 bits per heavy atom. The summed E-state index contributed by atoms with van der Waals surface area (Å²) in [5.41, 5.74) is 1.21. The second-order valence-corrected chi connectivity index (χ2v) is 13.1. The third-order valence-corrected chi connectivity index (χ3v) is 8.62. The second-order valence-electron chi connectivity index (χ2n) is 10.8. The van der Waals surface area contributed by atoms with Crippen LogP contribution in [-0.2, 0) is 26.2 Å². The molecule has 0 spiro atoms. The lowest BCUT2D eigenvalue weighted by Gasteiger charge is -2.35. The van der Waals surface area contributed by atoms with E-state index in [-0.39, 0.29) is 23.0 Å². The molecule has 0 fully saturated rings. The van der Waals surface area contributed by atoms with Gasteiger partial charge in [-0.2, -0.15) is 0 Å². The maximum atomic E-state index is 14.2. The molecule has 220 valence electrons. The summed E-state index contributed by atoms with van der Waals surface area (Å²) in [6.07, 6.45) is 0.319. The molecule has 10 heteroatoms. The maximum absolute atomic E-state index is 14.2. The van der Waals surface area contributed by atoms with Gasteiger partial charge in [-0.05, 0) is 81.6 Å². The zero-order valence-electron chi connectivity index (χ0n) is 24.3. The number of nitrogens with zero attached hydrogens (tertiary/aromatic N) is 2. The van der Waals surface area contributed by atoms with E-state index in [4.69, 9.17) is 16.3 Å². The Balaban J connectivity index is 2.09. The number of carbonyl (C=O) groups excluding carboxylic acids is 2. The van der Waals surface area contributed by atoms with Gasteiger partial charge in [0.15, 0.2) is 0 Å². The minimum absolute atomic E-state index is 0.0290. The van der Waals surface area contributed by atoms with E-state index >= 15 is 0 Å². The average molecular weight is 600 g/mol. The first-order valence-corrected chi connectivity index (χ1v) is 15.2. The SMILES string of the molecule is CC[C@@H](C(=O)NC(C)(C)C)N(Cc1cccc(OC)c1)C(=O)CN(c1ccc(C)c(Cl)c1)S(=O)(=O)c1ccccc1. The van der Waals surface area contributed by atoms with Gasteiger partial charge in [-0.25, -0.2) is 8.42 Å². The van der Waals surface area contributed by atoms with Crippen LogP contribution in [0.15, 0.2) is 77.7 Å². The van der Waals surface area contributed by atoms with Crippen molar-refractivity contribution >= 4 is 39.1 Å². The van der Waals surface area contributed by atoms with E-state index < -0.39 is 34.1 Å². The van der Waals surface area contributed by atoms with Crippen LogP contribution in [0.5, 0.6) is 5.75 Å². The van der Waals surface area contributed by atoms with E-state index in [1.54, 1.807) is 55.6 Å². The minimum Gasteiger partial charge on any atom is -0.497 e. The third-order valence-electron chi connectivity index (χ3n) is 6.42. The van der Waals surface area contributed by atoms with Crippen LogP contribution >= 0.6 is 11.6 Å².